The van der Waals surface area contributed by atoms with E-state index in [0.29, 0.717) is 25.3 Å². The third-order valence-electron chi connectivity index (χ3n) is 4.37. The van der Waals surface area contributed by atoms with Gasteiger partial charge in [-0.3, -0.25) is 4.79 Å². The van der Waals surface area contributed by atoms with Crippen molar-refractivity contribution in [3.63, 3.8) is 0 Å². The molecule has 1 amide bonds. The highest BCUT2D eigenvalue weighted by Gasteiger charge is 2.24. The molecule has 2 rings (SSSR count). The lowest BCUT2D eigenvalue weighted by Gasteiger charge is -2.34. The van der Waals surface area contributed by atoms with Crippen molar-refractivity contribution in [1.29, 1.82) is 0 Å². The first-order valence-corrected chi connectivity index (χ1v) is 8.56. The molecular weight excluding hydrogens is 334 g/mol. The summed E-state index contributed by atoms with van der Waals surface area (Å²) < 4.78 is 26.1. The Morgan fingerprint density at radius 1 is 1.25 bits per heavy atom. The fourth-order valence-corrected chi connectivity index (χ4v) is 3.15. The summed E-state index contributed by atoms with van der Waals surface area (Å²) in [5.41, 5.74) is 0.737. The predicted molar refractivity (Wildman–Crippen MR) is 94.4 cm³/mol. The van der Waals surface area contributed by atoms with E-state index >= 15 is 0 Å². The van der Waals surface area contributed by atoms with E-state index in [1.54, 1.807) is 6.07 Å². The maximum atomic E-state index is 13.2. The molecule has 0 bridgehead atoms. The van der Waals surface area contributed by atoms with E-state index in [9.17, 15) is 13.6 Å². The summed E-state index contributed by atoms with van der Waals surface area (Å²) >= 11 is 0. The molecule has 6 heteroatoms. The summed E-state index contributed by atoms with van der Waals surface area (Å²) in [6.07, 6.45) is 4.69. The van der Waals surface area contributed by atoms with Crippen molar-refractivity contribution in [3.8, 4) is 0 Å². The van der Waals surface area contributed by atoms with Gasteiger partial charge in [0.2, 0.25) is 5.91 Å². The van der Waals surface area contributed by atoms with Crippen molar-refractivity contribution in [2.24, 2.45) is 0 Å². The largest absolute Gasteiger partial charge is 0.340 e. The van der Waals surface area contributed by atoms with Gasteiger partial charge >= 0.3 is 0 Å². The van der Waals surface area contributed by atoms with Gasteiger partial charge < -0.3 is 10.2 Å². The smallest absolute Gasteiger partial charge is 0.222 e. The third-order valence-corrected chi connectivity index (χ3v) is 4.37. The Bertz CT molecular complexity index is 522. The second-order valence-corrected chi connectivity index (χ2v) is 6.17. The number of aryl methyl sites for hydroxylation is 1. The molecule has 1 fully saturated rings. The molecule has 0 unspecified atom stereocenters. The molecule has 0 atom stereocenters. The summed E-state index contributed by atoms with van der Waals surface area (Å²) in [7, 11) is 0. The number of carbonyl (C=O) groups is 1. The highest BCUT2D eigenvalue weighted by Crippen LogP contribution is 2.16. The number of hydrogen-bond donors (Lipinski definition) is 1. The van der Waals surface area contributed by atoms with Crippen LogP contribution in [0.1, 0.15) is 44.6 Å². The van der Waals surface area contributed by atoms with Gasteiger partial charge in [0.1, 0.15) is 0 Å². The van der Waals surface area contributed by atoms with E-state index in [0.717, 1.165) is 50.5 Å². The molecule has 0 spiro atoms. The van der Waals surface area contributed by atoms with Crippen molar-refractivity contribution < 1.29 is 13.6 Å². The van der Waals surface area contributed by atoms with Crippen molar-refractivity contribution in [2.75, 3.05) is 19.6 Å². The van der Waals surface area contributed by atoms with Crippen LogP contribution >= 0.6 is 12.4 Å². The lowest BCUT2D eigenvalue weighted by molar-refractivity contribution is -0.134. The van der Waals surface area contributed by atoms with Crippen molar-refractivity contribution >= 4 is 18.3 Å². The molecule has 136 valence electrons. The Labute approximate surface area is 149 Å². The highest BCUT2D eigenvalue weighted by molar-refractivity contribution is 5.85. The quantitative estimate of drug-likeness (QED) is 0.804. The normalized spacial score (nSPS) is 15.0. The zero-order valence-electron chi connectivity index (χ0n) is 14.2. The molecule has 0 aromatic heterocycles. The van der Waals surface area contributed by atoms with Gasteiger partial charge in [0.05, 0.1) is 0 Å². The Morgan fingerprint density at radius 3 is 2.58 bits per heavy atom. The molecule has 1 saturated heterocycles. The Hall–Kier alpha value is -1.20. The Balaban J connectivity index is 0.00000288. The number of carbonyl (C=O) groups excluding carboxylic acids is 1. The van der Waals surface area contributed by atoms with Crippen LogP contribution in [0.25, 0.3) is 0 Å². The maximum absolute atomic E-state index is 13.2. The lowest BCUT2D eigenvalue weighted by atomic mass is 10.0. The Morgan fingerprint density at radius 2 is 1.96 bits per heavy atom. The number of nitrogens with one attached hydrogen (secondary N) is 1. The van der Waals surface area contributed by atoms with Gasteiger partial charge in [-0.1, -0.05) is 13.0 Å². The number of nitrogens with zero attached hydrogens (tertiary/aromatic N) is 1. The van der Waals surface area contributed by atoms with Crippen LogP contribution in [0.15, 0.2) is 18.2 Å². The molecule has 3 nitrogen and oxygen atoms in total. The van der Waals surface area contributed by atoms with E-state index in [2.05, 4.69) is 12.2 Å². The topological polar surface area (TPSA) is 32.3 Å². The summed E-state index contributed by atoms with van der Waals surface area (Å²) in [6, 6.07) is 4.29. The average Bonchev–Trinajstić information content (AvgIpc) is 2.56. The van der Waals surface area contributed by atoms with Crippen LogP contribution < -0.4 is 5.32 Å². The van der Waals surface area contributed by atoms with E-state index in [1.807, 2.05) is 4.90 Å². The molecule has 0 radical (unpaired) electrons. The molecule has 1 aromatic rings. The number of halogens is 3. The zero-order chi connectivity index (χ0) is 16.7. The van der Waals surface area contributed by atoms with Gasteiger partial charge in [-0.2, -0.15) is 0 Å². The van der Waals surface area contributed by atoms with Crippen LogP contribution in [-0.2, 0) is 11.2 Å². The first kappa shape index (κ1) is 20.8. The number of benzene rings is 1. The first-order chi connectivity index (χ1) is 11.1. The summed E-state index contributed by atoms with van der Waals surface area (Å²) in [5.74, 6) is -1.47. The predicted octanol–water partition coefficient (Wildman–Crippen LogP) is 3.70. The van der Waals surface area contributed by atoms with Crippen molar-refractivity contribution in [2.45, 2.75) is 51.5 Å². The fourth-order valence-electron chi connectivity index (χ4n) is 3.15. The van der Waals surface area contributed by atoms with Gasteiger partial charge in [0, 0.05) is 19.0 Å². The van der Waals surface area contributed by atoms with Crippen LogP contribution in [0.5, 0.6) is 0 Å². The van der Waals surface area contributed by atoms with Gasteiger partial charge in [-0.05, 0) is 62.9 Å². The average molecular weight is 361 g/mol. The van der Waals surface area contributed by atoms with Crippen LogP contribution in [-0.4, -0.2) is 36.5 Å². The Kier molecular flexibility index (Phi) is 9.22. The summed E-state index contributed by atoms with van der Waals surface area (Å²) in [5, 5.41) is 3.32. The van der Waals surface area contributed by atoms with Gasteiger partial charge in [-0.15, -0.1) is 12.4 Å². The SMILES string of the molecule is CCCN(C(=O)CCCc1ccc(F)c(F)c1)C1CCNCC1.Cl. The molecule has 0 saturated carbocycles. The molecule has 24 heavy (non-hydrogen) atoms. The molecule has 0 aliphatic carbocycles. The molecule has 1 heterocycles. The number of hydrogen-bond acceptors (Lipinski definition) is 2. The first-order valence-electron chi connectivity index (χ1n) is 8.56. The van der Waals surface area contributed by atoms with E-state index in [-0.39, 0.29) is 18.3 Å². The molecule has 1 aliphatic heterocycles. The fraction of sp³-hybridized carbons (Fsp3) is 0.611. The van der Waals surface area contributed by atoms with Crippen molar-refractivity contribution in [1.82, 2.24) is 10.2 Å². The minimum Gasteiger partial charge on any atom is -0.340 e. The summed E-state index contributed by atoms with van der Waals surface area (Å²) in [6.45, 7) is 4.82. The van der Waals surface area contributed by atoms with Crippen LogP contribution in [0, 0.1) is 11.6 Å². The van der Waals surface area contributed by atoms with Gasteiger partial charge in [-0.25, -0.2) is 8.78 Å². The maximum Gasteiger partial charge on any atom is 0.222 e. The van der Waals surface area contributed by atoms with Gasteiger partial charge in [0.25, 0.3) is 0 Å². The number of rotatable bonds is 7. The number of piperidine rings is 1. The standard InChI is InChI=1S/C18H26F2N2O.ClH/c1-2-12-22(15-8-10-21-11-9-15)18(23)5-3-4-14-6-7-16(19)17(20)13-14;/h6-7,13,15,21H,2-5,8-12H2,1H3;1H. The third kappa shape index (κ3) is 6.02. The van der Waals surface area contributed by atoms with Crippen LogP contribution in [0.2, 0.25) is 0 Å². The van der Waals surface area contributed by atoms with Crippen molar-refractivity contribution in [3.05, 3.63) is 35.4 Å². The molecular formula is C18H27ClF2N2O. The monoisotopic (exact) mass is 360 g/mol. The molecule has 1 aliphatic rings. The van der Waals surface area contributed by atoms with E-state index < -0.39 is 11.6 Å². The second kappa shape index (κ2) is 10.6. The summed E-state index contributed by atoms with van der Waals surface area (Å²) in [4.78, 5) is 14.5. The molecule has 1 N–H and O–H groups in total. The zero-order valence-corrected chi connectivity index (χ0v) is 15.0. The number of amides is 1. The minimum atomic E-state index is -0.829. The minimum absolute atomic E-state index is 0. The highest BCUT2D eigenvalue weighted by atomic mass is 35.5. The van der Waals surface area contributed by atoms with Crippen LogP contribution in [0.4, 0.5) is 8.78 Å². The molecule has 1 aromatic carbocycles. The van der Waals surface area contributed by atoms with Crippen LogP contribution in [0.3, 0.4) is 0 Å². The second-order valence-electron chi connectivity index (χ2n) is 6.17. The van der Waals surface area contributed by atoms with Gasteiger partial charge in [0.15, 0.2) is 11.6 Å². The lowest BCUT2D eigenvalue weighted by Crippen LogP contribution is -2.46. The van der Waals surface area contributed by atoms with E-state index in [4.69, 9.17) is 0 Å². The van der Waals surface area contributed by atoms with E-state index in [1.165, 1.54) is 6.07 Å².